The quantitative estimate of drug-likeness (QED) is 0.182. The summed E-state index contributed by atoms with van der Waals surface area (Å²) in [5.74, 6) is -4.03. The van der Waals surface area contributed by atoms with Crippen LogP contribution in [0, 0.1) is 22.6 Å². The van der Waals surface area contributed by atoms with E-state index in [4.69, 9.17) is 28.4 Å². The number of aliphatic hydroxyl groups excluding tert-OH is 1. The molecule has 2 bridgehead atoms. The maximum atomic E-state index is 14.9. The number of nitrogens with zero attached hydrogens (tertiary/aromatic N) is 2. The molecule has 0 spiro atoms. The molecule has 15 heteroatoms. The van der Waals surface area contributed by atoms with E-state index >= 15 is 0 Å². The van der Waals surface area contributed by atoms with Gasteiger partial charge in [-0.3, -0.25) is 9.78 Å². The van der Waals surface area contributed by atoms with Gasteiger partial charge in [0.2, 0.25) is 0 Å². The lowest BCUT2D eigenvalue weighted by molar-refractivity contribution is -0.345. The molecule has 2 saturated carbocycles. The molecule has 57 heavy (non-hydrogen) atoms. The van der Waals surface area contributed by atoms with Gasteiger partial charge in [-0.05, 0) is 76.3 Å². The maximum absolute atomic E-state index is 14.9. The van der Waals surface area contributed by atoms with Gasteiger partial charge in [0.1, 0.15) is 35.8 Å². The van der Waals surface area contributed by atoms with E-state index in [-0.39, 0.29) is 24.3 Å². The molecular formula is C42H54FN3O11. The fraction of sp³-hybridized carbons (Fsp3) is 0.619. The number of carbonyl (C=O) groups excluding carboxylic acids is 3. The summed E-state index contributed by atoms with van der Waals surface area (Å²) in [6.45, 7) is 9.15. The normalized spacial score (nSPS) is 36.3. The molecule has 1 aromatic carbocycles. The highest BCUT2D eigenvalue weighted by Crippen LogP contribution is 2.66. The highest BCUT2D eigenvalue weighted by atomic mass is 19.1. The van der Waals surface area contributed by atoms with Crippen molar-refractivity contribution in [3.8, 4) is 0 Å². The third-order valence-electron chi connectivity index (χ3n) is 13.3. The van der Waals surface area contributed by atoms with Crippen molar-refractivity contribution in [1.29, 1.82) is 0 Å². The van der Waals surface area contributed by atoms with Crippen LogP contribution < -0.4 is 5.32 Å². The second kappa shape index (κ2) is 15.1. The van der Waals surface area contributed by atoms with Crippen molar-refractivity contribution in [3.63, 3.8) is 0 Å². The van der Waals surface area contributed by atoms with Crippen LogP contribution in [0.1, 0.15) is 76.0 Å². The second-order valence-corrected chi connectivity index (χ2v) is 17.2. The zero-order valence-corrected chi connectivity index (χ0v) is 33.7. The minimum absolute atomic E-state index is 0.0193. The van der Waals surface area contributed by atoms with Crippen molar-refractivity contribution in [2.24, 2.45) is 16.7 Å². The number of carbonyl (C=O) groups is 3. The third kappa shape index (κ3) is 6.68. The van der Waals surface area contributed by atoms with Gasteiger partial charge in [-0.2, -0.15) is 0 Å². The summed E-state index contributed by atoms with van der Waals surface area (Å²) in [6.07, 6.45) is -5.33. The lowest BCUT2D eigenvalue weighted by atomic mass is 9.45. The average Bonchev–Trinajstić information content (AvgIpc) is 3.55. The van der Waals surface area contributed by atoms with Crippen LogP contribution >= 0.6 is 0 Å². The molecular weight excluding hydrogens is 741 g/mol. The number of pyridine rings is 1. The van der Waals surface area contributed by atoms with Crippen molar-refractivity contribution in [2.45, 2.75) is 114 Å². The number of nitrogens with one attached hydrogen (secondary N) is 1. The molecule has 0 unspecified atom stereocenters. The van der Waals surface area contributed by atoms with Crippen molar-refractivity contribution in [2.75, 3.05) is 34.3 Å². The molecule has 3 heterocycles. The SMILES string of the molecule is CN[C@@H](c1ncccc1F)[C@@H](O)C(=O)O[C@H]1C[C@@]2(O)[C@@H](OC(=O)c3ccccc3)[C@H]3[C@@](C)(CC[C@H]4OC[C@]43OC(C)=O)[C@@H]3O[C@H](CN(C)C)O[C@@H]3C(=C1C)C2(C)C. The summed E-state index contributed by atoms with van der Waals surface area (Å²) in [4.78, 5) is 47.3. The van der Waals surface area contributed by atoms with E-state index in [0.29, 0.717) is 30.5 Å². The van der Waals surface area contributed by atoms with E-state index in [1.54, 1.807) is 37.3 Å². The highest BCUT2D eigenvalue weighted by molar-refractivity contribution is 5.89. The Morgan fingerprint density at radius 2 is 1.81 bits per heavy atom. The summed E-state index contributed by atoms with van der Waals surface area (Å²) >= 11 is 0. The zero-order valence-electron chi connectivity index (χ0n) is 33.7. The Kier molecular flexibility index (Phi) is 10.9. The molecule has 2 saturated heterocycles. The number of rotatable bonds is 10. The molecule has 2 aliphatic heterocycles. The number of ether oxygens (including phenoxy) is 6. The van der Waals surface area contributed by atoms with Gasteiger partial charge >= 0.3 is 17.9 Å². The molecule has 2 aromatic rings. The first-order valence-corrected chi connectivity index (χ1v) is 19.5. The van der Waals surface area contributed by atoms with E-state index < -0.39 is 101 Å². The Balaban J connectivity index is 1.41. The Bertz CT molecular complexity index is 1910. The molecule has 0 amide bonds. The van der Waals surface area contributed by atoms with E-state index in [1.165, 1.54) is 32.3 Å². The Morgan fingerprint density at radius 3 is 2.42 bits per heavy atom. The van der Waals surface area contributed by atoms with Crippen LogP contribution in [0.3, 0.4) is 0 Å². The zero-order chi connectivity index (χ0) is 41.2. The molecule has 3 N–H and O–H groups in total. The first-order chi connectivity index (χ1) is 26.9. The number of benzene rings is 1. The van der Waals surface area contributed by atoms with E-state index in [2.05, 4.69) is 10.3 Å². The molecule has 310 valence electrons. The van der Waals surface area contributed by atoms with Crippen LogP contribution in [0.15, 0.2) is 59.8 Å². The summed E-state index contributed by atoms with van der Waals surface area (Å²) in [7, 11) is 5.25. The molecule has 14 nitrogen and oxygen atoms in total. The van der Waals surface area contributed by atoms with Crippen LogP contribution in [0.4, 0.5) is 4.39 Å². The van der Waals surface area contributed by atoms with Crippen molar-refractivity contribution in [3.05, 3.63) is 76.9 Å². The first-order valence-electron chi connectivity index (χ1n) is 19.5. The molecule has 0 radical (unpaired) electrons. The van der Waals surface area contributed by atoms with E-state index in [1.807, 2.05) is 39.8 Å². The molecule has 7 rings (SSSR count). The number of aliphatic hydroxyl groups is 2. The van der Waals surface area contributed by atoms with Crippen LogP contribution in [0.2, 0.25) is 0 Å². The minimum atomic E-state index is -2.04. The van der Waals surface area contributed by atoms with Gasteiger partial charge in [0.05, 0.1) is 35.9 Å². The standard InChI is InChI=1S/C42H54FN3O11/c1-22-26(53-38(50)32(48)31(44-6)30-25(43)15-12-18-45-30)19-42(51)36(56-37(49)24-13-10-9-11-14-24)34-40(5,17-16-27-41(34,21-52-27)57-23(2)47)35-33(29(22)39(42,3)4)54-28(55-35)20-46(7)8/h9-15,18,26-28,31-36,44,48,51H,16-17,19-21H2,1-8H3/t26-,27+,28+,31-,32+,33+,34-,35+,36-,40+,41-,42+/m0/s1. The van der Waals surface area contributed by atoms with Gasteiger partial charge in [-0.1, -0.05) is 39.0 Å². The third-order valence-corrected chi connectivity index (χ3v) is 13.3. The maximum Gasteiger partial charge on any atom is 0.338 e. The molecule has 1 aromatic heterocycles. The summed E-state index contributed by atoms with van der Waals surface area (Å²) in [5.41, 5.74) is -4.40. The van der Waals surface area contributed by atoms with Gasteiger partial charge < -0.3 is 48.9 Å². The number of likely N-dealkylation sites (N-methyl/N-ethyl adjacent to an activating group) is 2. The van der Waals surface area contributed by atoms with E-state index in [0.717, 1.165) is 0 Å². The van der Waals surface area contributed by atoms with Crippen LogP contribution in [0.5, 0.6) is 0 Å². The largest absolute Gasteiger partial charge is 0.456 e. The lowest BCUT2D eigenvalue weighted by Crippen LogP contribution is -2.79. The van der Waals surface area contributed by atoms with Crippen molar-refractivity contribution in [1.82, 2.24) is 15.2 Å². The highest BCUT2D eigenvalue weighted by Gasteiger charge is 2.77. The van der Waals surface area contributed by atoms with Crippen LogP contribution in [0.25, 0.3) is 0 Å². The average molecular weight is 796 g/mol. The number of halogens is 1. The fourth-order valence-corrected chi connectivity index (χ4v) is 10.5. The van der Waals surface area contributed by atoms with Crippen LogP contribution in [-0.4, -0.2) is 126 Å². The Hall–Kier alpha value is -3.83. The van der Waals surface area contributed by atoms with Gasteiger partial charge in [-0.25, -0.2) is 14.0 Å². The number of hydrogen-bond donors (Lipinski definition) is 3. The summed E-state index contributed by atoms with van der Waals surface area (Å²) in [5, 5.41) is 27.9. The first kappa shape index (κ1) is 41.3. The molecule has 5 aliphatic rings. The predicted octanol–water partition coefficient (Wildman–Crippen LogP) is 3.26. The molecule has 12 atom stereocenters. The summed E-state index contributed by atoms with van der Waals surface area (Å²) < 4.78 is 53.8. The number of hydrogen-bond acceptors (Lipinski definition) is 14. The topological polar surface area (TPSA) is 175 Å². The van der Waals surface area contributed by atoms with Gasteiger partial charge in [0, 0.05) is 36.9 Å². The van der Waals surface area contributed by atoms with Gasteiger partial charge in [-0.15, -0.1) is 0 Å². The van der Waals surface area contributed by atoms with Gasteiger partial charge in [0.15, 0.2) is 18.0 Å². The fourth-order valence-electron chi connectivity index (χ4n) is 10.5. The Labute approximate surface area is 332 Å². The number of fused-ring (bicyclic) bond motifs is 8. The van der Waals surface area contributed by atoms with Crippen molar-refractivity contribution >= 4 is 17.9 Å². The van der Waals surface area contributed by atoms with Crippen molar-refractivity contribution < 1.29 is 57.4 Å². The lowest BCUT2D eigenvalue weighted by Gasteiger charge is -2.68. The van der Waals surface area contributed by atoms with E-state index in [9.17, 15) is 29.0 Å². The van der Waals surface area contributed by atoms with Gasteiger partial charge in [0.25, 0.3) is 0 Å². The summed E-state index contributed by atoms with van der Waals surface area (Å²) in [6, 6.07) is 9.69. The molecule has 4 fully saturated rings. The van der Waals surface area contributed by atoms with Crippen LogP contribution in [-0.2, 0) is 38.0 Å². The number of aromatic nitrogens is 1. The Morgan fingerprint density at radius 1 is 1.09 bits per heavy atom. The molecule has 3 aliphatic carbocycles. The second-order valence-electron chi connectivity index (χ2n) is 17.2. The number of esters is 3. The smallest absolute Gasteiger partial charge is 0.338 e. The minimum Gasteiger partial charge on any atom is -0.456 e. The monoisotopic (exact) mass is 795 g/mol. The predicted molar refractivity (Wildman–Crippen MR) is 201 cm³/mol.